The number of halogens is 1. The molecule has 0 aromatic heterocycles. The molecule has 0 saturated heterocycles. The number of carbonyl (C=O) groups excluding carboxylic acids is 1. The Bertz CT molecular complexity index is 435. The van der Waals surface area contributed by atoms with Crippen LogP contribution >= 0.6 is 11.6 Å². The Labute approximate surface area is 103 Å². The fourth-order valence-electron chi connectivity index (χ4n) is 1.33. The molecule has 1 rings (SSSR count). The number of hydrogen-bond acceptors (Lipinski definition) is 3. The lowest BCUT2D eigenvalue weighted by Crippen LogP contribution is -2.44. The SMILES string of the molecule is CN(C(=O)c1ccccc1Cl)C(CO)C(=O)O. The first-order chi connectivity index (χ1) is 7.99. The predicted octanol–water partition coefficient (Wildman–Crippen LogP) is 0.857. The molecule has 0 fully saturated rings. The van der Waals surface area contributed by atoms with Gasteiger partial charge in [0.1, 0.15) is 0 Å². The van der Waals surface area contributed by atoms with Crippen LogP contribution in [0.3, 0.4) is 0 Å². The third-order valence-corrected chi connectivity index (χ3v) is 2.68. The molecule has 1 amide bonds. The Balaban J connectivity index is 2.98. The number of aliphatic carboxylic acids is 1. The largest absolute Gasteiger partial charge is 0.480 e. The van der Waals surface area contributed by atoms with Crippen LogP contribution < -0.4 is 0 Å². The average Bonchev–Trinajstić information content (AvgIpc) is 2.29. The van der Waals surface area contributed by atoms with E-state index in [2.05, 4.69) is 0 Å². The van der Waals surface area contributed by atoms with Crippen LogP contribution in [0.1, 0.15) is 10.4 Å². The van der Waals surface area contributed by atoms with Gasteiger partial charge in [-0.25, -0.2) is 4.79 Å². The minimum atomic E-state index is -1.28. The highest BCUT2D eigenvalue weighted by atomic mass is 35.5. The number of nitrogens with zero attached hydrogens (tertiary/aromatic N) is 1. The van der Waals surface area contributed by atoms with Gasteiger partial charge in [-0.3, -0.25) is 4.79 Å². The van der Waals surface area contributed by atoms with E-state index in [1.54, 1.807) is 12.1 Å². The standard InChI is InChI=1S/C11H12ClNO4/c1-13(9(6-14)11(16)17)10(15)7-4-2-3-5-8(7)12/h2-5,9,14H,6H2,1H3,(H,16,17). The highest BCUT2D eigenvalue weighted by molar-refractivity contribution is 6.33. The van der Waals surface area contributed by atoms with E-state index in [9.17, 15) is 9.59 Å². The first-order valence-corrected chi connectivity index (χ1v) is 5.22. The van der Waals surface area contributed by atoms with Crippen molar-refractivity contribution in [2.45, 2.75) is 6.04 Å². The second-order valence-electron chi connectivity index (χ2n) is 3.43. The number of aliphatic hydroxyl groups is 1. The van der Waals surface area contributed by atoms with Gasteiger partial charge < -0.3 is 15.1 Å². The van der Waals surface area contributed by atoms with Crippen molar-refractivity contribution < 1.29 is 19.8 Å². The van der Waals surface area contributed by atoms with Crippen molar-refractivity contribution in [3.63, 3.8) is 0 Å². The molecule has 0 radical (unpaired) electrons. The summed E-state index contributed by atoms with van der Waals surface area (Å²) in [7, 11) is 1.31. The van der Waals surface area contributed by atoms with Gasteiger partial charge in [0, 0.05) is 7.05 Å². The second kappa shape index (κ2) is 5.65. The van der Waals surface area contributed by atoms with E-state index in [0.717, 1.165) is 4.90 Å². The minimum Gasteiger partial charge on any atom is -0.480 e. The fraction of sp³-hybridized carbons (Fsp3) is 0.273. The molecule has 1 aromatic carbocycles. The smallest absolute Gasteiger partial charge is 0.328 e. The quantitative estimate of drug-likeness (QED) is 0.839. The van der Waals surface area contributed by atoms with Crippen LogP contribution in [0.15, 0.2) is 24.3 Å². The van der Waals surface area contributed by atoms with Crippen molar-refractivity contribution in [1.82, 2.24) is 4.90 Å². The van der Waals surface area contributed by atoms with Crippen molar-refractivity contribution in [2.24, 2.45) is 0 Å². The van der Waals surface area contributed by atoms with E-state index in [1.807, 2.05) is 0 Å². The summed E-state index contributed by atoms with van der Waals surface area (Å²) in [6, 6.07) is 5.05. The molecule has 1 unspecified atom stereocenters. The van der Waals surface area contributed by atoms with Gasteiger partial charge in [-0.1, -0.05) is 23.7 Å². The zero-order valence-corrected chi connectivity index (χ0v) is 9.89. The Morgan fingerprint density at radius 2 is 2.00 bits per heavy atom. The fourth-order valence-corrected chi connectivity index (χ4v) is 1.55. The number of amides is 1. The molecule has 2 N–H and O–H groups in total. The van der Waals surface area contributed by atoms with E-state index in [1.165, 1.54) is 19.2 Å². The van der Waals surface area contributed by atoms with Gasteiger partial charge in [0.25, 0.3) is 5.91 Å². The molecular formula is C11H12ClNO4. The number of benzene rings is 1. The van der Waals surface area contributed by atoms with E-state index in [-0.39, 0.29) is 10.6 Å². The van der Waals surface area contributed by atoms with Gasteiger partial charge in [0.2, 0.25) is 0 Å². The first kappa shape index (κ1) is 13.5. The lowest BCUT2D eigenvalue weighted by Gasteiger charge is -2.23. The second-order valence-corrected chi connectivity index (χ2v) is 3.84. The van der Waals surface area contributed by atoms with E-state index >= 15 is 0 Å². The molecule has 0 aliphatic carbocycles. The monoisotopic (exact) mass is 257 g/mol. The molecule has 92 valence electrons. The summed E-state index contributed by atoms with van der Waals surface area (Å²) in [6.45, 7) is -0.651. The Morgan fingerprint density at radius 1 is 1.41 bits per heavy atom. The zero-order chi connectivity index (χ0) is 13.0. The summed E-state index contributed by atoms with van der Waals surface area (Å²) in [4.78, 5) is 23.7. The van der Waals surface area contributed by atoms with Crippen LogP contribution in [0, 0.1) is 0 Å². The van der Waals surface area contributed by atoms with Crippen molar-refractivity contribution in [3.8, 4) is 0 Å². The minimum absolute atomic E-state index is 0.205. The summed E-state index contributed by atoms with van der Waals surface area (Å²) >= 11 is 5.83. The molecule has 17 heavy (non-hydrogen) atoms. The maximum absolute atomic E-state index is 11.9. The Hall–Kier alpha value is -1.59. The average molecular weight is 258 g/mol. The predicted molar refractivity (Wildman–Crippen MR) is 62.1 cm³/mol. The molecule has 0 aliphatic heterocycles. The molecule has 1 aromatic rings. The molecule has 0 aliphatic rings. The summed E-state index contributed by atoms with van der Waals surface area (Å²) in [6.07, 6.45) is 0. The van der Waals surface area contributed by atoms with Crippen LogP contribution in [0.5, 0.6) is 0 Å². The molecular weight excluding hydrogens is 246 g/mol. The third-order valence-electron chi connectivity index (χ3n) is 2.35. The lowest BCUT2D eigenvalue weighted by molar-refractivity contribution is -0.143. The van der Waals surface area contributed by atoms with Crippen LogP contribution in [-0.2, 0) is 4.79 Å². The number of rotatable bonds is 4. The van der Waals surface area contributed by atoms with Gasteiger partial charge >= 0.3 is 5.97 Å². The van der Waals surface area contributed by atoms with Crippen molar-refractivity contribution in [1.29, 1.82) is 0 Å². The Kier molecular flexibility index (Phi) is 4.48. The normalized spacial score (nSPS) is 11.9. The van der Waals surface area contributed by atoms with Crippen molar-refractivity contribution in [2.75, 3.05) is 13.7 Å². The van der Waals surface area contributed by atoms with Gasteiger partial charge in [0.15, 0.2) is 6.04 Å². The third kappa shape index (κ3) is 2.95. The van der Waals surface area contributed by atoms with Crippen LogP contribution in [-0.4, -0.2) is 46.7 Å². The molecule has 0 bridgehead atoms. The van der Waals surface area contributed by atoms with E-state index < -0.39 is 24.5 Å². The molecule has 0 heterocycles. The van der Waals surface area contributed by atoms with Gasteiger partial charge in [0.05, 0.1) is 17.2 Å². The Morgan fingerprint density at radius 3 is 2.47 bits per heavy atom. The summed E-state index contributed by atoms with van der Waals surface area (Å²) in [5.74, 6) is -1.81. The molecule has 6 heteroatoms. The topological polar surface area (TPSA) is 77.8 Å². The lowest BCUT2D eigenvalue weighted by atomic mass is 10.1. The van der Waals surface area contributed by atoms with Gasteiger partial charge in [-0.05, 0) is 12.1 Å². The number of hydrogen-bond donors (Lipinski definition) is 2. The molecule has 0 spiro atoms. The molecule has 1 atom stereocenters. The van der Waals surface area contributed by atoms with Crippen LogP contribution in [0.25, 0.3) is 0 Å². The highest BCUT2D eigenvalue weighted by Gasteiger charge is 2.27. The summed E-state index contributed by atoms with van der Waals surface area (Å²) in [5.41, 5.74) is 0.205. The van der Waals surface area contributed by atoms with Crippen LogP contribution in [0.4, 0.5) is 0 Å². The van der Waals surface area contributed by atoms with Crippen molar-refractivity contribution >= 4 is 23.5 Å². The first-order valence-electron chi connectivity index (χ1n) is 4.84. The number of carbonyl (C=O) groups is 2. The van der Waals surface area contributed by atoms with Gasteiger partial charge in [-0.2, -0.15) is 0 Å². The van der Waals surface area contributed by atoms with Crippen molar-refractivity contribution in [3.05, 3.63) is 34.9 Å². The number of likely N-dealkylation sites (N-methyl/N-ethyl adjacent to an activating group) is 1. The summed E-state index contributed by atoms with van der Waals surface area (Å²) < 4.78 is 0. The summed E-state index contributed by atoms with van der Waals surface area (Å²) in [5, 5.41) is 18.0. The number of carboxylic acid groups (broad SMARTS) is 1. The molecule has 0 saturated carbocycles. The number of carboxylic acids is 1. The zero-order valence-electron chi connectivity index (χ0n) is 9.13. The van der Waals surface area contributed by atoms with E-state index in [0.29, 0.717) is 0 Å². The number of aliphatic hydroxyl groups excluding tert-OH is 1. The highest BCUT2D eigenvalue weighted by Crippen LogP contribution is 2.17. The van der Waals surface area contributed by atoms with Crippen LogP contribution in [0.2, 0.25) is 5.02 Å². The van der Waals surface area contributed by atoms with Gasteiger partial charge in [-0.15, -0.1) is 0 Å². The van der Waals surface area contributed by atoms with E-state index in [4.69, 9.17) is 21.8 Å². The molecule has 5 nitrogen and oxygen atoms in total. The maximum atomic E-state index is 11.9. The maximum Gasteiger partial charge on any atom is 0.328 e.